The molecule has 0 radical (unpaired) electrons. The highest BCUT2D eigenvalue weighted by Crippen LogP contribution is 2.32. The highest BCUT2D eigenvalue weighted by Gasteiger charge is 2.31. The molecular formula is C13H15NO6S. The standard InChI is InChI=1S/C13H15NO6S/c1-13(2,8-20-14(17)18)12(16)21-10-7-5-4-6-9(10)11(15)19-3/h4-7H,8H2,1-3H3. The van der Waals surface area contributed by atoms with Crippen molar-refractivity contribution in [3.8, 4) is 0 Å². The number of carbonyl (C=O) groups is 2. The van der Waals surface area contributed by atoms with Gasteiger partial charge in [0.15, 0.2) is 0 Å². The van der Waals surface area contributed by atoms with Gasteiger partial charge in [0.2, 0.25) is 5.12 Å². The minimum Gasteiger partial charge on any atom is -0.465 e. The van der Waals surface area contributed by atoms with E-state index in [1.165, 1.54) is 21.0 Å². The number of ether oxygens (including phenoxy) is 1. The van der Waals surface area contributed by atoms with Crippen molar-refractivity contribution in [2.75, 3.05) is 13.7 Å². The molecule has 0 aliphatic heterocycles. The van der Waals surface area contributed by atoms with Crippen LogP contribution in [0, 0.1) is 15.5 Å². The van der Waals surface area contributed by atoms with Gasteiger partial charge in [0.1, 0.15) is 6.61 Å². The average molecular weight is 313 g/mol. The number of hydrogen-bond acceptors (Lipinski definition) is 7. The van der Waals surface area contributed by atoms with Gasteiger partial charge in [-0.15, -0.1) is 10.1 Å². The van der Waals surface area contributed by atoms with E-state index < -0.39 is 16.5 Å². The van der Waals surface area contributed by atoms with E-state index in [4.69, 9.17) is 0 Å². The Labute approximate surface area is 125 Å². The van der Waals surface area contributed by atoms with Gasteiger partial charge in [0.25, 0.3) is 5.09 Å². The molecular weight excluding hydrogens is 298 g/mol. The third-order valence-electron chi connectivity index (χ3n) is 2.58. The number of carbonyl (C=O) groups excluding carboxylic acids is 2. The van der Waals surface area contributed by atoms with Gasteiger partial charge in [-0.25, -0.2) is 4.79 Å². The molecule has 0 bridgehead atoms. The summed E-state index contributed by atoms with van der Waals surface area (Å²) >= 11 is 0.830. The van der Waals surface area contributed by atoms with E-state index in [0.29, 0.717) is 4.90 Å². The van der Waals surface area contributed by atoms with Crippen LogP contribution in [0.3, 0.4) is 0 Å². The van der Waals surface area contributed by atoms with Crippen LogP contribution in [-0.2, 0) is 14.4 Å². The first-order valence-electron chi connectivity index (χ1n) is 5.95. The lowest BCUT2D eigenvalue weighted by atomic mass is 9.97. The van der Waals surface area contributed by atoms with Crippen LogP contribution in [0.4, 0.5) is 0 Å². The molecule has 114 valence electrons. The Balaban J connectivity index is 2.88. The van der Waals surface area contributed by atoms with Gasteiger partial charge in [-0.2, -0.15) is 0 Å². The summed E-state index contributed by atoms with van der Waals surface area (Å²) in [7, 11) is 1.25. The Morgan fingerprint density at radius 2 is 1.95 bits per heavy atom. The number of hydrogen-bond donors (Lipinski definition) is 0. The monoisotopic (exact) mass is 313 g/mol. The van der Waals surface area contributed by atoms with Crippen LogP contribution in [0.2, 0.25) is 0 Å². The van der Waals surface area contributed by atoms with Crippen LogP contribution < -0.4 is 0 Å². The number of nitrogens with zero attached hydrogens (tertiary/aromatic N) is 1. The predicted molar refractivity (Wildman–Crippen MR) is 75.4 cm³/mol. The summed E-state index contributed by atoms with van der Waals surface area (Å²) in [6, 6.07) is 6.49. The van der Waals surface area contributed by atoms with Crippen LogP contribution in [0.1, 0.15) is 24.2 Å². The molecule has 21 heavy (non-hydrogen) atoms. The van der Waals surface area contributed by atoms with E-state index in [1.807, 2.05) is 0 Å². The predicted octanol–water partition coefficient (Wildman–Crippen LogP) is 2.33. The molecule has 0 aliphatic rings. The number of esters is 1. The molecule has 0 spiro atoms. The van der Waals surface area contributed by atoms with Crippen LogP contribution in [0.5, 0.6) is 0 Å². The average Bonchev–Trinajstić information content (AvgIpc) is 2.45. The summed E-state index contributed by atoms with van der Waals surface area (Å²) in [6.07, 6.45) is 0. The molecule has 0 amide bonds. The molecule has 0 fully saturated rings. The number of thioether (sulfide) groups is 1. The van der Waals surface area contributed by atoms with Crippen molar-refractivity contribution in [1.82, 2.24) is 0 Å². The minimum atomic E-state index is -1.07. The van der Waals surface area contributed by atoms with E-state index in [-0.39, 0.29) is 17.3 Å². The van der Waals surface area contributed by atoms with Gasteiger partial charge in [-0.3, -0.25) is 4.79 Å². The lowest BCUT2D eigenvalue weighted by Crippen LogP contribution is -2.28. The first kappa shape index (κ1) is 17.0. The highest BCUT2D eigenvalue weighted by molar-refractivity contribution is 8.13. The second kappa shape index (κ2) is 7.07. The van der Waals surface area contributed by atoms with Gasteiger partial charge >= 0.3 is 5.97 Å². The smallest absolute Gasteiger partial charge is 0.339 e. The van der Waals surface area contributed by atoms with Crippen LogP contribution >= 0.6 is 11.8 Å². The van der Waals surface area contributed by atoms with Crippen molar-refractivity contribution in [3.63, 3.8) is 0 Å². The second-order valence-electron chi connectivity index (χ2n) is 4.76. The fraction of sp³-hybridized carbons (Fsp3) is 0.385. The van der Waals surface area contributed by atoms with E-state index in [9.17, 15) is 19.7 Å². The van der Waals surface area contributed by atoms with Gasteiger partial charge in [0.05, 0.1) is 18.1 Å². The Morgan fingerprint density at radius 1 is 1.33 bits per heavy atom. The summed E-state index contributed by atoms with van der Waals surface area (Å²) in [4.78, 5) is 38.7. The van der Waals surface area contributed by atoms with E-state index in [0.717, 1.165) is 11.8 Å². The molecule has 0 unspecified atom stereocenters. The Bertz CT molecular complexity index is 557. The summed E-state index contributed by atoms with van der Waals surface area (Å²) in [5.41, 5.74) is -0.801. The zero-order chi connectivity index (χ0) is 16.0. The van der Waals surface area contributed by atoms with E-state index in [1.54, 1.807) is 24.3 Å². The summed E-state index contributed by atoms with van der Waals surface area (Å²) < 4.78 is 4.65. The third kappa shape index (κ3) is 4.75. The minimum absolute atomic E-state index is 0.268. The molecule has 0 atom stereocenters. The number of rotatable bonds is 6. The lowest BCUT2D eigenvalue weighted by molar-refractivity contribution is -0.760. The topological polar surface area (TPSA) is 95.7 Å². The van der Waals surface area contributed by atoms with Crippen molar-refractivity contribution in [2.45, 2.75) is 18.7 Å². The Kier molecular flexibility index (Phi) is 5.71. The maximum absolute atomic E-state index is 12.2. The molecule has 1 aromatic rings. The Morgan fingerprint density at radius 3 is 2.52 bits per heavy atom. The fourth-order valence-electron chi connectivity index (χ4n) is 1.35. The maximum Gasteiger partial charge on any atom is 0.339 e. The van der Waals surface area contributed by atoms with Crippen LogP contribution in [0.25, 0.3) is 0 Å². The van der Waals surface area contributed by atoms with Crippen molar-refractivity contribution in [3.05, 3.63) is 39.9 Å². The Hall–Kier alpha value is -2.09. The van der Waals surface area contributed by atoms with Crippen molar-refractivity contribution in [1.29, 1.82) is 0 Å². The maximum atomic E-state index is 12.2. The SMILES string of the molecule is COC(=O)c1ccccc1SC(=O)C(C)(C)CO[N+](=O)[O-]. The molecule has 0 N–H and O–H groups in total. The van der Waals surface area contributed by atoms with Crippen LogP contribution in [0.15, 0.2) is 29.2 Å². The van der Waals surface area contributed by atoms with Gasteiger partial charge in [0, 0.05) is 4.90 Å². The third-order valence-corrected chi connectivity index (χ3v) is 3.89. The number of methoxy groups -OCH3 is 1. The second-order valence-corrected chi connectivity index (χ2v) is 5.77. The quantitative estimate of drug-likeness (QED) is 0.344. The molecule has 0 saturated heterocycles. The van der Waals surface area contributed by atoms with Gasteiger partial charge in [-0.1, -0.05) is 37.7 Å². The molecule has 8 heteroatoms. The zero-order valence-electron chi connectivity index (χ0n) is 11.8. The molecule has 7 nitrogen and oxygen atoms in total. The largest absolute Gasteiger partial charge is 0.465 e. The first-order valence-corrected chi connectivity index (χ1v) is 6.76. The molecule has 0 aliphatic carbocycles. The molecule has 1 aromatic carbocycles. The lowest BCUT2D eigenvalue weighted by Gasteiger charge is -2.21. The molecule has 0 aromatic heterocycles. The first-order chi connectivity index (χ1) is 9.77. The van der Waals surface area contributed by atoms with Crippen molar-refractivity contribution in [2.24, 2.45) is 5.41 Å². The van der Waals surface area contributed by atoms with Gasteiger partial charge in [-0.05, 0) is 12.1 Å². The normalized spacial score (nSPS) is 10.8. The van der Waals surface area contributed by atoms with E-state index in [2.05, 4.69) is 9.57 Å². The summed E-state index contributed by atoms with van der Waals surface area (Å²) in [5, 5.41) is 8.92. The highest BCUT2D eigenvalue weighted by atomic mass is 32.2. The van der Waals surface area contributed by atoms with Crippen molar-refractivity contribution < 1.29 is 24.3 Å². The summed E-state index contributed by atoms with van der Waals surface area (Å²) in [6.45, 7) is 2.71. The summed E-state index contributed by atoms with van der Waals surface area (Å²) in [5.74, 6) is -0.551. The zero-order valence-corrected chi connectivity index (χ0v) is 12.6. The molecule has 0 saturated carbocycles. The van der Waals surface area contributed by atoms with E-state index >= 15 is 0 Å². The number of benzene rings is 1. The van der Waals surface area contributed by atoms with Gasteiger partial charge < -0.3 is 9.57 Å². The molecule has 1 rings (SSSR count). The molecule has 0 heterocycles. The van der Waals surface area contributed by atoms with Crippen LogP contribution in [-0.4, -0.2) is 29.9 Å². The van der Waals surface area contributed by atoms with Crippen molar-refractivity contribution >= 4 is 22.8 Å². The fourth-order valence-corrected chi connectivity index (χ4v) is 2.29.